The molecule has 2 aliphatic rings. The zero-order valence-electron chi connectivity index (χ0n) is 6.07. The zero-order valence-corrected chi connectivity index (χ0v) is 7.65. The Morgan fingerprint density at radius 3 is 3.17 bits per heavy atom. The van der Waals surface area contributed by atoms with Crippen molar-refractivity contribution < 1.29 is 4.79 Å². The minimum atomic E-state index is -0.284. The van der Waals surface area contributed by atoms with Gasteiger partial charge in [-0.3, -0.25) is 9.79 Å². The first kappa shape index (κ1) is 7.61. The van der Waals surface area contributed by atoms with Crippen molar-refractivity contribution in [3.05, 3.63) is 22.7 Å². The number of amides is 1. The highest BCUT2D eigenvalue weighted by molar-refractivity contribution is 9.11. The second-order valence-electron chi connectivity index (χ2n) is 2.49. The minimum absolute atomic E-state index is 0.0657. The highest BCUT2D eigenvalue weighted by Crippen LogP contribution is 2.17. The van der Waals surface area contributed by atoms with E-state index in [0.29, 0.717) is 5.71 Å². The lowest BCUT2D eigenvalue weighted by atomic mass is 10.1. The number of halogens is 1. The topological polar surface area (TPSA) is 41.8 Å². The van der Waals surface area contributed by atoms with Gasteiger partial charge in [0, 0.05) is 4.48 Å². The van der Waals surface area contributed by atoms with Gasteiger partial charge in [-0.05, 0) is 12.2 Å². The molecule has 60 valence electrons. The molecule has 12 heavy (non-hydrogen) atoms. The molecule has 1 aliphatic carbocycles. The first-order valence-corrected chi connectivity index (χ1v) is 4.26. The highest BCUT2D eigenvalue weighted by atomic mass is 79.9. The van der Waals surface area contributed by atoms with Gasteiger partial charge < -0.3 is 0 Å². The SMILES string of the molecule is O=C1C=NC2C=CC(Br)=CC2=N1. The number of allylic oxidation sites excluding steroid dienone is 2. The van der Waals surface area contributed by atoms with Crippen LogP contribution in [0.25, 0.3) is 0 Å². The second kappa shape index (κ2) is 2.79. The first-order chi connectivity index (χ1) is 5.75. The number of fused-ring (bicyclic) bond motifs is 1. The van der Waals surface area contributed by atoms with Crippen molar-refractivity contribution in [1.82, 2.24) is 0 Å². The Balaban J connectivity index is 2.40. The van der Waals surface area contributed by atoms with E-state index in [1.165, 1.54) is 6.21 Å². The molecule has 0 saturated carbocycles. The molecule has 0 aromatic carbocycles. The van der Waals surface area contributed by atoms with E-state index < -0.39 is 0 Å². The summed E-state index contributed by atoms with van der Waals surface area (Å²) in [5.41, 5.74) is 0.705. The molecule has 0 spiro atoms. The van der Waals surface area contributed by atoms with Crippen LogP contribution in [0.5, 0.6) is 0 Å². The van der Waals surface area contributed by atoms with E-state index in [1.54, 1.807) is 6.08 Å². The molecule has 0 bridgehead atoms. The van der Waals surface area contributed by atoms with Crippen LogP contribution in [0.4, 0.5) is 0 Å². The van der Waals surface area contributed by atoms with Crippen molar-refractivity contribution in [2.24, 2.45) is 9.98 Å². The first-order valence-electron chi connectivity index (χ1n) is 3.47. The molecule has 0 radical (unpaired) electrons. The fourth-order valence-corrected chi connectivity index (χ4v) is 1.47. The second-order valence-corrected chi connectivity index (χ2v) is 3.40. The van der Waals surface area contributed by atoms with Crippen LogP contribution in [-0.2, 0) is 4.79 Å². The Kier molecular flexibility index (Phi) is 1.77. The van der Waals surface area contributed by atoms with Crippen LogP contribution >= 0.6 is 15.9 Å². The average molecular weight is 225 g/mol. The van der Waals surface area contributed by atoms with Gasteiger partial charge in [0.15, 0.2) is 0 Å². The molecule has 1 heterocycles. The molecular formula is C8H5BrN2O. The predicted octanol–water partition coefficient (Wildman–Crippen LogP) is 1.26. The highest BCUT2D eigenvalue weighted by Gasteiger charge is 2.17. The number of carbonyl (C=O) groups is 1. The maximum Gasteiger partial charge on any atom is 0.288 e. The number of hydrogen-bond donors (Lipinski definition) is 0. The third-order valence-electron chi connectivity index (χ3n) is 1.61. The van der Waals surface area contributed by atoms with Crippen molar-refractivity contribution in [3.63, 3.8) is 0 Å². The fraction of sp³-hybridized carbons (Fsp3) is 0.125. The Morgan fingerprint density at radius 1 is 1.50 bits per heavy atom. The summed E-state index contributed by atoms with van der Waals surface area (Å²) in [7, 11) is 0. The molecule has 1 amide bonds. The van der Waals surface area contributed by atoms with E-state index in [1.807, 2.05) is 12.2 Å². The lowest BCUT2D eigenvalue weighted by molar-refractivity contribution is -0.111. The molecule has 0 fully saturated rings. The average Bonchev–Trinajstić information content (AvgIpc) is 2.03. The Morgan fingerprint density at radius 2 is 2.33 bits per heavy atom. The fourth-order valence-electron chi connectivity index (χ4n) is 1.08. The van der Waals surface area contributed by atoms with Crippen molar-refractivity contribution >= 4 is 33.8 Å². The summed E-state index contributed by atoms with van der Waals surface area (Å²) < 4.78 is 0.919. The van der Waals surface area contributed by atoms with Crippen molar-refractivity contribution in [2.75, 3.05) is 0 Å². The van der Waals surface area contributed by atoms with E-state index in [0.717, 1.165) is 4.48 Å². The minimum Gasteiger partial charge on any atom is -0.273 e. The van der Waals surface area contributed by atoms with Crippen LogP contribution in [0.3, 0.4) is 0 Å². The van der Waals surface area contributed by atoms with Gasteiger partial charge in [0.2, 0.25) is 0 Å². The van der Waals surface area contributed by atoms with Crippen LogP contribution in [0.2, 0.25) is 0 Å². The lowest BCUT2D eigenvalue weighted by Crippen LogP contribution is -2.23. The van der Waals surface area contributed by atoms with Crippen LogP contribution in [0.1, 0.15) is 0 Å². The smallest absolute Gasteiger partial charge is 0.273 e. The van der Waals surface area contributed by atoms with Crippen molar-refractivity contribution in [2.45, 2.75) is 6.04 Å². The molecule has 0 aromatic rings. The molecule has 3 nitrogen and oxygen atoms in total. The molecule has 0 N–H and O–H groups in total. The number of aliphatic imine (C=N–C) groups is 2. The lowest BCUT2D eigenvalue weighted by Gasteiger charge is -2.14. The summed E-state index contributed by atoms with van der Waals surface area (Å²) in [6.07, 6.45) is 6.85. The number of rotatable bonds is 0. The summed E-state index contributed by atoms with van der Waals surface area (Å²) in [4.78, 5) is 18.7. The molecular weight excluding hydrogens is 220 g/mol. The van der Waals surface area contributed by atoms with Gasteiger partial charge in [0.05, 0.1) is 11.9 Å². The maximum absolute atomic E-state index is 10.8. The van der Waals surface area contributed by atoms with Gasteiger partial charge >= 0.3 is 0 Å². The zero-order chi connectivity index (χ0) is 8.55. The van der Waals surface area contributed by atoms with Crippen molar-refractivity contribution in [3.8, 4) is 0 Å². The van der Waals surface area contributed by atoms with E-state index in [9.17, 15) is 4.79 Å². The van der Waals surface area contributed by atoms with E-state index in [-0.39, 0.29) is 11.9 Å². The summed E-state index contributed by atoms with van der Waals surface area (Å²) in [5, 5.41) is 0. The molecule has 0 saturated heterocycles. The number of hydrogen-bond acceptors (Lipinski definition) is 2. The molecule has 0 aromatic heterocycles. The maximum atomic E-state index is 10.8. The summed E-state index contributed by atoms with van der Waals surface area (Å²) in [6, 6.07) is -0.0657. The monoisotopic (exact) mass is 224 g/mol. The molecule has 2 rings (SSSR count). The third kappa shape index (κ3) is 1.30. The van der Waals surface area contributed by atoms with Gasteiger partial charge in [0.25, 0.3) is 5.91 Å². The number of carbonyl (C=O) groups excluding carboxylic acids is 1. The largest absolute Gasteiger partial charge is 0.288 e. The molecule has 1 atom stereocenters. The van der Waals surface area contributed by atoms with Gasteiger partial charge in [-0.25, -0.2) is 4.99 Å². The quantitative estimate of drug-likeness (QED) is 0.611. The van der Waals surface area contributed by atoms with Crippen molar-refractivity contribution in [1.29, 1.82) is 0 Å². The van der Waals surface area contributed by atoms with Crippen LogP contribution in [-0.4, -0.2) is 23.9 Å². The third-order valence-corrected chi connectivity index (χ3v) is 2.10. The Bertz CT molecular complexity index is 352. The van der Waals surface area contributed by atoms with Crippen LogP contribution < -0.4 is 0 Å². The van der Waals surface area contributed by atoms with Crippen LogP contribution in [0, 0.1) is 0 Å². The summed E-state index contributed by atoms with van der Waals surface area (Å²) >= 11 is 3.30. The van der Waals surface area contributed by atoms with Crippen LogP contribution in [0.15, 0.2) is 32.7 Å². The molecule has 4 heteroatoms. The normalized spacial score (nSPS) is 26.4. The summed E-state index contributed by atoms with van der Waals surface area (Å²) in [6.45, 7) is 0. The Hall–Kier alpha value is -1.03. The Labute approximate surface area is 77.7 Å². The van der Waals surface area contributed by atoms with Gasteiger partial charge in [-0.15, -0.1) is 0 Å². The standard InChI is InChI=1S/C8H5BrN2O/c9-5-1-2-6-7(3-5)11-8(12)4-10-6/h1-4,6H. The van der Waals surface area contributed by atoms with Gasteiger partial charge in [-0.2, -0.15) is 0 Å². The number of nitrogens with zero attached hydrogens (tertiary/aromatic N) is 2. The van der Waals surface area contributed by atoms with E-state index in [2.05, 4.69) is 25.9 Å². The van der Waals surface area contributed by atoms with E-state index in [4.69, 9.17) is 0 Å². The van der Waals surface area contributed by atoms with E-state index >= 15 is 0 Å². The predicted molar refractivity (Wildman–Crippen MR) is 50.9 cm³/mol. The molecule has 1 unspecified atom stereocenters. The van der Waals surface area contributed by atoms with Gasteiger partial charge in [-0.1, -0.05) is 22.0 Å². The van der Waals surface area contributed by atoms with Gasteiger partial charge in [0.1, 0.15) is 6.04 Å². The molecule has 1 aliphatic heterocycles. The summed E-state index contributed by atoms with van der Waals surface area (Å²) in [5.74, 6) is -0.284.